The third kappa shape index (κ3) is 3.11. The summed E-state index contributed by atoms with van der Waals surface area (Å²) in [4.78, 5) is 14.8. The van der Waals surface area contributed by atoms with Crippen LogP contribution >= 0.6 is 0 Å². The zero-order valence-corrected chi connectivity index (χ0v) is 11.8. The molecular formula is C15H27N3O. The van der Waals surface area contributed by atoms with Gasteiger partial charge in [-0.3, -0.25) is 4.79 Å². The molecule has 1 unspecified atom stereocenters. The summed E-state index contributed by atoms with van der Waals surface area (Å²) in [7, 11) is 0. The number of carbonyl (C=O) groups excluding carboxylic acids is 1. The zero-order valence-electron chi connectivity index (χ0n) is 11.8. The number of hydrogen-bond donors (Lipinski definition) is 2. The van der Waals surface area contributed by atoms with E-state index in [0.29, 0.717) is 18.4 Å². The van der Waals surface area contributed by atoms with E-state index in [2.05, 4.69) is 10.2 Å². The van der Waals surface area contributed by atoms with E-state index >= 15 is 0 Å². The lowest BCUT2D eigenvalue weighted by atomic mass is 9.95. The first-order valence-electron chi connectivity index (χ1n) is 7.99. The number of hydrogen-bond acceptors (Lipinski definition) is 3. The lowest BCUT2D eigenvalue weighted by Crippen LogP contribution is -2.38. The van der Waals surface area contributed by atoms with Crippen molar-refractivity contribution in [1.29, 1.82) is 0 Å². The van der Waals surface area contributed by atoms with Crippen LogP contribution in [0.5, 0.6) is 0 Å². The Kier molecular flexibility index (Phi) is 4.08. The molecule has 0 radical (unpaired) electrons. The van der Waals surface area contributed by atoms with Crippen molar-refractivity contribution in [3.05, 3.63) is 0 Å². The van der Waals surface area contributed by atoms with Crippen molar-refractivity contribution in [2.45, 2.75) is 44.6 Å². The summed E-state index contributed by atoms with van der Waals surface area (Å²) in [6.45, 7) is 3.96. The fourth-order valence-corrected chi connectivity index (χ4v) is 3.84. The Hall–Kier alpha value is -0.610. The molecule has 3 atom stereocenters. The molecule has 108 valence electrons. The van der Waals surface area contributed by atoms with Gasteiger partial charge < -0.3 is 16.0 Å². The fraction of sp³-hybridized carbons (Fsp3) is 0.933. The maximum Gasteiger partial charge on any atom is 0.223 e. The summed E-state index contributed by atoms with van der Waals surface area (Å²) < 4.78 is 0. The first-order chi connectivity index (χ1) is 9.28. The smallest absolute Gasteiger partial charge is 0.223 e. The lowest BCUT2D eigenvalue weighted by Gasteiger charge is -2.19. The normalized spacial score (nSPS) is 35.7. The van der Waals surface area contributed by atoms with Crippen molar-refractivity contribution in [3.8, 4) is 0 Å². The Balaban J connectivity index is 1.40. The van der Waals surface area contributed by atoms with Crippen molar-refractivity contribution in [1.82, 2.24) is 10.2 Å². The van der Waals surface area contributed by atoms with E-state index in [4.69, 9.17) is 5.73 Å². The molecule has 1 amide bonds. The topological polar surface area (TPSA) is 58.4 Å². The van der Waals surface area contributed by atoms with Gasteiger partial charge in [-0.2, -0.15) is 0 Å². The van der Waals surface area contributed by atoms with E-state index in [9.17, 15) is 4.79 Å². The van der Waals surface area contributed by atoms with Gasteiger partial charge in [0.05, 0.1) is 0 Å². The third-order valence-electron chi connectivity index (χ3n) is 5.24. The van der Waals surface area contributed by atoms with Crippen LogP contribution in [0.25, 0.3) is 0 Å². The van der Waals surface area contributed by atoms with Crippen LogP contribution in [0.4, 0.5) is 0 Å². The quantitative estimate of drug-likeness (QED) is 0.778. The standard InChI is InChI=1S/C15H27N3O/c16-8-12-2-1-3-14(12)15(19)17-9-11-6-7-18(10-11)13-4-5-13/h11-14H,1-10,16H2,(H,17,19)/t11?,12-,14-/m1/s1. The number of rotatable bonds is 5. The molecule has 2 aliphatic carbocycles. The van der Waals surface area contributed by atoms with Gasteiger partial charge in [0.15, 0.2) is 0 Å². The largest absolute Gasteiger partial charge is 0.356 e. The van der Waals surface area contributed by atoms with E-state index in [0.717, 1.165) is 25.4 Å². The number of nitrogens with one attached hydrogen (secondary N) is 1. The molecule has 3 aliphatic rings. The van der Waals surface area contributed by atoms with Crippen LogP contribution in [0.15, 0.2) is 0 Å². The Morgan fingerprint density at radius 3 is 2.79 bits per heavy atom. The van der Waals surface area contributed by atoms with E-state index in [1.165, 1.54) is 38.8 Å². The average molecular weight is 265 g/mol. The minimum Gasteiger partial charge on any atom is -0.356 e. The van der Waals surface area contributed by atoms with Crippen molar-refractivity contribution < 1.29 is 4.79 Å². The van der Waals surface area contributed by atoms with E-state index in [-0.39, 0.29) is 11.8 Å². The van der Waals surface area contributed by atoms with E-state index in [1.807, 2.05) is 0 Å². The second-order valence-electron chi connectivity index (χ2n) is 6.66. The molecule has 1 saturated heterocycles. The van der Waals surface area contributed by atoms with Crippen LogP contribution in [0, 0.1) is 17.8 Å². The highest BCUT2D eigenvalue weighted by Gasteiger charge is 2.35. The van der Waals surface area contributed by atoms with Gasteiger partial charge in [0.1, 0.15) is 0 Å². The lowest BCUT2D eigenvalue weighted by molar-refractivity contribution is -0.126. The summed E-state index contributed by atoms with van der Waals surface area (Å²) in [6, 6.07) is 0.872. The third-order valence-corrected chi connectivity index (χ3v) is 5.24. The van der Waals surface area contributed by atoms with Gasteiger partial charge in [-0.1, -0.05) is 6.42 Å². The molecule has 3 fully saturated rings. The Morgan fingerprint density at radius 1 is 1.21 bits per heavy atom. The molecule has 3 N–H and O–H groups in total. The van der Waals surface area contributed by atoms with Crippen LogP contribution in [0.3, 0.4) is 0 Å². The van der Waals surface area contributed by atoms with Gasteiger partial charge in [0, 0.05) is 25.0 Å². The number of nitrogens with zero attached hydrogens (tertiary/aromatic N) is 1. The van der Waals surface area contributed by atoms with E-state index in [1.54, 1.807) is 0 Å². The van der Waals surface area contributed by atoms with Crippen LogP contribution in [0.2, 0.25) is 0 Å². The molecule has 0 aromatic heterocycles. The molecular weight excluding hydrogens is 238 g/mol. The molecule has 3 rings (SSSR count). The minimum absolute atomic E-state index is 0.186. The molecule has 19 heavy (non-hydrogen) atoms. The fourth-order valence-electron chi connectivity index (χ4n) is 3.84. The highest BCUT2D eigenvalue weighted by atomic mass is 16.1. The first-order valence-corrected chi connectivity index (χ1v) is 7.99. The summed E-state index contributed by atoms with van der Waals surface area (Å²) in [5.41, 5.74) is 5.75. The maximum atomic E-state index is 12.2. The number of amides is 1. The molecule has 4 heteroatoms. The maximum absolute atomic E-state index is 12.2. The molecule has 2 saturated carbocycles. The molecule has 0 bridgehead atoms. The Labute approximate surface area is 116 Å². The summed E-state index contributed by atoms with van der Waals surface area (Å²) in [6.07, 6.45) is 7.36. The van der Waals surface area contributed by atoms with Gasteiger partial charge in [-0.15, -0.1) is 0 Å². The number of nitrogens with two attached hydrogens (primary N) is 1. The van der Waals surface area contributed by atoms with E-state index < -0.39 is 0 Å². The Bertz CT molecular complexity index is 329. The number of carbonyl (C=O) groups is 1. The van der Waals surface area contributed by atoms with Crippen LogP contribution in [-0.4, -0.2) is 43.0 Å². The summed E-state index contributed by atoms with van der Waals surface area (Å²) in [5.74, 6) is 1.54. The highest BCUT2D eigenvalue weighted by molar-refractivity contribution is 5.79. The van der Waals surface area contributed by atoms with Gasteiger partial charge in [-0.05, 0) is 57.0 Å². The average Bonchev–Trinajstić information content (AvgIpc) is 2.99. The van der Waals surface area contributed by atoms with Crippen molar-refractivity contribution >= 4 is 5.91 Å². The van der Waals surface area contributed by atoms with Crippen molar-refractivity contribution in [2.75, 3.05) is 26.2 Å². The molecule has 0 aromatic rings. The van der Waals surface area contributed by atoms with Crippen LogP contribution < -0.4 is 11.1 Å². The van der Waals surface area contributed by atoms with Crippen LogP contribution in [-0.2, 0) is 4.79 Å². The predicted octanol–water partition coefficient (Wildman–Crippen LogP) is 0.962. The van der Waals surface area contributed by atoms with Crippen molar-refractivity contribution in [2.24, 2.45) is 23.5 Å². The molecule has 0 aromatic carbocycles. The summed E-state index contributed by atoms with van der Waals surface area (Å²) in [5, 5.41) is 3.19. The predicted molar refractivity (Wildman–Crippen MR) is 75.6 cm³/mol. The van der Waals surface area contributed by atoms with Crippen molar-refractivity contribution in [3.63, 3.8) is 0 Å². The summed E-state index contributed by atoms with van der Waals surface area (Å²) >= 11 is 0. The first kappa shape index (κ1) is 13.4. The van der Waals surface area contributed by atoms with Gasteiger partial charge in [0.2, 0.25) is 5.91 Å². The van der Waals surface area contributed by atoms with Gasteiger partial charge in [-0.25, -0.2) is 0 Å². The highest BCUT2D eigenvalue weighted by Crippen LogP contribution is 2.32. The minimum atomic E-state index is 0.186. The second-order valence-corrected chi connectivity index (χ2v) is 6.66. The Morgan fingerprint density at radius 2 is 2.05 bits per heavy atom. The second kappa shape index (κ2) is 5.80. The number of likely N-dealkylation sites (tertiary alicyclic amines) is 1. The van der Waals surface area contributed by atoms with Gasteiger partial charge >= 0.3 is 0 Å². The molecule has 4 nitrogen and oxygen atoms in total. The SMILES string of the molecule is NC[C@H]1CCC[C@H]1C(=O)NCC1CCN(C2CC2)C1. The molecule has 0 spiro atoms. The molecule has 1 aliphatic heterocycles. The van der Waals surface area contributed by atoms with Gasteiger partial charge in [0.25, 0.3) is 0 Å². The molecule has 1 heterocycles. The monoisotopic (exact) mass is 265 g/mol. The van der Waals surface area contributed by atoms with Crippen LogP contribution in [0.1, 0.15) is 38.5 Å². The zero-order chi connectivity index (χ0) is 13.2.